The molecule has 0 atom stereocenters. The van der Waals surface area contributed by atoms with E-state index < -0.39 is 0 Å². The second-order valence-electron chi connectivity index (χ2n) is 6.56. The summed E-state index contributed by atoms with van der Waals surface area (Å²) in [6.07, 6.45) is 1.75. The molecule has 3 aromatic carbocycles. The number of amides is 1. The zero-order valence-corrected chi connectivity index (χ0v) is 16.0. The van der Waals surface area contributed by atoms with Gasteiger partial charge in [-0.15, -0.1) is 0 Å². The van der Waals surface area contributed by atoms with Gasteiger partial charge in [0.05, 0.1) is 17.3 Å². The Morgan fingerprint density at radius 3 is 2.67 bits per heavy atom. The summed E-state index contributed by atoms with van der Waals surface area (Å²) < 4.78 is 7.46. The van der Waals surface area contributed by atoms with Crippen molar-refractivity contribution >= 4 is 11.6 Å². The van der Waals surface area contributed by atoms with Crippen LogP contribution in [0, 0.1) is 11.3 Å². The number of rotatable bonds is 6. The molecule has 0 radical (unpaired) electrons. The maximum Gasteiger partial charge on any atom is 0.276 e. The standard InChI is InChI=1S/C24H18N4O2/c25-16-18-6-4-7-19(14-18)17-30-22-11-5-8-20(15-22)26-24(29)23-12-13-28(27-23)21-9-2-1-3-10-21/h1-15H,17H2,(H,26,29). The van der Waals surface area contributed by atoms with Gasteiger partial charge in [0, 0.05) is 18.0 Å². The highest BCUT2D eigenvalue weighted by molar-refractivity contribution is 6.02. The highest BCUT2D eigenvalue weighted by Crippen LogP contribution is 2.19. The van der Waals surface area contributed by atoms with E-state index in [2.05, 4.69) is 16.5 Å². The van der Waals surface area contributed by atoms with Gasteiger partial charge in [0.15, 0.2) is 5.69 Å². The van der Waals surface area contributed by atoms with Gasteiger partial charge in [-0.25, -0.2) is 4.68 Å². The second-order valence-corrected chi connectivity index (χ2v) is 6.56. The van der Waals surface area contributed by atoms with Gasteiger partial charge in [0.1, 0.15) is 12.4 Å². The van der Waals surface area contributed by atoms with E-state index in [1.807, 2.05) is 48.5 Å². The molecule has 0 saturated carbocycles. The van der Waals surface area contributed by atoms with Crippen molar-refractivity contribution in [2.75, 3.05) is 5.32 Å². The summed E-state index contributed by atoms with van der Waals surface area (Å²) in [4.78, 5) is 12.6. The van der Waals surface area contributed by atoms with Crippen molar-refractivity contribution in [1.29, 1.82) is 5.26 Å². The number of ether oxygens (including phenoxy) is 1. The molecule has 1 N–H and O–H groups in total. The summed E-state index contributed by atoms with van der Waals surface area (Å²) in [5.74, 6) is 0.313. The van der Waals surface area contributed by atoms with E-state index in [0.29, 0.717) is 29.3 Å². The Balaban J connectivity index is 1.41. The predicted molar refractivity (Wildman–Crippen MR) is 113 cm³/mol. The first-order chi connectivity index (χ1) is 14.7. The molecule has 0 bridgehead atoms. The van der Waals surface area contributed by atoms with Crippen molar-refractivity contribution in [3.05, 3.63) is 108 Å². The Kier molecular flexibility index (Phi) is 5.54. The SMILES string of the molecule is N#Cc1cccc(COc2cccc(NC(=O)c3ccn(-c4ccccc4)n3)c2)c1. The molecule has 1 aromatic heterocycles. The van der Waals surface area contributed by atoms with E-state index in [4.69, 9.17) is 10.00 Å². The van der Waals surface area contributed by atoms with Crippen molar-refractivity contribution in [1.82, 2.24) is 9.78 Å². The van der Waals surface area contributed by atoms with Crippen LogP contribution in [0.5, 0.6) is 5.75 Å². The number of nitrogens with one attached hydrogen (secondary N) is 1. The van der Waals surface area contributed by atoms with E-state index in [1.54, 1.807) is 47.3 Å². The minimum atomic E-state index is -0.302. The predicted octanol–water partition coefficient (Wildman–Crippen LogP) is 4.58. The number of hydrogen-bond acceptors (Lipinski definition) is 4. The number of hydrogen-bond donors (Lipinski definition) is 1. The molecule has 0 unspecified atom stereocenters. The lowest BCUT2D eigenvalue weighted by molar-refractivity contribution is 0.102. The van der Waals surface area contributed by atoms with Crippen molar-refractivity contribution in [2.45, 2.75) is 6.61 Å². The van der Waals surface area contributed by atoms with E-state index >= 15 is 0 Å². The largest absolute Gasteiger partial charge is 0.489 e. The molecule has 6 heteroatoms. The van der Waals surface area contributed by atoms with E-state index in [-0.39, 0.29) is 5.91 Å². The summed E-state index contributed by atoms with van der Waals surface area (Å²) in [5, 5.41) is 16.2. The highest BCUT2D eigenvalue weighted by Gasteiger charge is 2.11. The molecule has 6 nitrogen and oxygen atoms in total. The average Bonchev–Trinajstić information content (AvgIpc) is 3.29. The number of benzene rings is 3. The first kappa shape index (κ1) is 19.0. The Bertz CT molecular complexity index is 1210. The van der Waals surface area contributed by atoms with Crippen LogP contribution in [0.25, 0.3) is 5.69 Å². The molecule has 1 heterocycles. The first-order valence-corrected chi connectivity index (χ1v) is 9.35. The monoisotopic (exact) mass is 394 g/mol. The summed E-state index contributed by atoms with van der Waals surface area (Å²) in [7, 11) is 0. The zero-order valence-electron chi connectivity index (χ0n) is 16.0. The van der Waals surface area contributed by atoms with Crippen LogP contribution >= 0.6 is 0 Å². The van der Waals surface area contributed by atoms with Gasteiger partial charge in [-0.1, -0.05) is 36.4 Å². The van der Waals surface area contributed by atoms with Crippen LogP contribution in [-0.4, -0.2) is 15.7 Å². The van der Waals surface area contributed by atoms with Crippen molar-refractivity contribution in [2.24, 2.45) is 0 Å². The van der Waals surface area contributed by atoms with Crippen molar-refractivity contribution in [3.8, 4) is 17.5 Å². The fraction of sp³-hybridized carbons (Fsp3) is 0.0417. The third-order valence-corrected chi connectivity index (χ3v) is 4.40. The Labute approximate surface area is 174 Å². The van der Waals surface area contributed by atoms with Gasteiger partial charge in [0.2, 0.25) is 0 Å². The number of carbonyl (C=O) groups is 1. The first-order valence-electron chi connectivity index (χ1n) is 9.35. The molecule has 0 spiro atoms. The third-order valence-electron chi connectivity index (χ3n) is 4.40. The molecular weight excluding hydrogens is 376 g/mol. The number of nitrogens with zero attached hydrogens (tertiary/aromatic N) is 3. The van der Waals surface area contributed by atoms with Crippen LogP contribution in [0.1, 0.15) is 21.6 Å². The summed E-state index contributed by atoms with van der Waals surface area (Å²) >= 11 is 0. The normalized spacial score (nSPS) is 10.2. The van der Waals surface area contributed by atoms with Crippen LogP contribution in [0.2, 0.25) is 0 Å². The lowest BCUT2D eigenvalue weighted by Gasteiger charge is -2.09. The molecule has 1 amide bonds. The van der Waals surface area contributed by atoms with Crippen molar-refractivity contribution in [3.63, 3.8) is 0 Å². The number of carbonyl (C=O) groups excluding carboxylic acids is 1. The molecule has 30 heavy (non-hydrogen) atoms. The smallest absolute Gasteiger partial charge is 0.276 e. The van der Waals surface area contributed by atoms with Crippen LogP contribution in [0.15, 0.2) is 91.1 Å². The third kappa shape index (κ3) is 4.54. The van der Waals surface area contributed by atoms with Crippen LogP contribution in [0.4, 0.5) is 5.69 Å². The summed E-state index contributed by atoms with van der Waals surface area (Å²) in [6, 6.07) is 27.8. The molecule has 0 aliphatic carbocycles. The van der Waals surface area contributed by atoms with Gasteiger partial charge in [-0.05, 0) is 48.0 Å². The molecule has 0 aliphatic heterocycles. The van der Waals surface area contributed by atoms with Gasteiger partial charge in [0.25, 0.3) is 5.91 Å². The number of nitriles is 1. The minimum Gasteiger partial charge on any atom is -0.489 e. The lowest BCUT2D eigenvalue weighted by Crippen LogP contribution is -2.13. The van der Waals surface area contributed by atoms with Crippen LogP contribution < -0.4 is 10.1 Å². The number of para-hydroxylation sites is 1. The van der Waals surface area contributed by atoms with Crippen LogP contribution in [-0.2, 0) is 6.61 Å². The summed E-state index contributed by atoms with van der Waals surface area (Å²) in [6.45, 7) is 0.328. The van der Waals surface area contributed by atoms with E-state index in [9.17, 15) is 4.79 Å². The van der Waals surface area contributed by atoms with E-state index in [1.165, 1.54) is 0 Å². The van der Waals surface area contributed by atoms with Gasteiger partial charge in [-0.3, -0.25) is 4.79 Å². The minimum absolute atomic E-state index is 0.302. The topological polar surface area (TPSA) is 79.9 Å². The van der Waals surface area contributed by atoms with Crippen LogP contribution in [0.3, 0.4) is 0 Å². The highest BCUT2D eigenvalue weighted by atomic mass is 16.5. The van der Waals surface area contributed by atoms with Gasteiger partial charge < -0.3 is 10.1 Å². The fourth-order valence-electron chi connectivity index (χ4n) is 2.93. The molecular formula is C24H18N4O2. The summed E-state index contributed by atoms with van der Waals surface area (Å²) in [5.41, 5.74) is 3.30. The molecule has 4 aromatic rings. The van der Waals surface area contributed by atoms with E-state index in [0.717, 1.165) is 11.3 Å². The zero-order chi connectivity index (χ0) is 20.8. The Hall–Kier alpha value is -4.37. The van der Waals surface area contributed by atoms with Crippen molar-refractivity contribution < 1.29 is 9.53 Å². The Morgan fingerprint density at radius 2 is 1.83 bits per heavy atom. The number of aromatic nitrogens is 2. The maximum atomic E-state index is 12.6. The molecule has 0 aliphatic rings. The number of anilines is 1. The second kappa shape index (κ2) is 8.76. The van der Waals surface area contributed by atoms with Gasteiger partial charge >= 0.3 is 0 Å². The average molecular weight is 394 g/mol. The quantitative estimate of drug-likeness (QED) is 0.519. The molecule has 0 fully saturated rings. The lowest BCUT2D eigenvalue weighted by atomic mass is 10.1. The maximum absolute atomic E-state index is 12.6. The molecule has 0 saturated heterocycles. The molecule has 4 rings (SSSR count). The fourth-order valence-corrected chi connectivity index (χ4v) is 2.93. The molecule has 146 valence electrons. The van der Waals surface area contributed by atoms with Gasteiger partial charge in [-0.2, -0.15) is 10.4 Å². The Morgan fingerprint density at radius 1 is 1.00 bits per heavy atom.